The molecule has 6 heteroatoms. The van der Waals surface area contributed by atoms with Crippen LogP contribution in [0, 0.1) is 0 Å². The predicted octanol–water partition coefficient (Wildman–Crippen LogP) is 19.5. The smallest absolute Gasteiger partial charge is 0.306 e. The monoisotopic (exact) mass is 971 g/mol. The topological polar surface area (TPSA) is 78.9 Å². The zero-order chi connectivity index (χ0) is 50.7. The quantitative estimate of drug-likeness (QED) is 0.0262. The van der Waals surface area contributed by atoms with Gasteiger partial charge in [0.05, 0.1) is 0 Å². The Hall–Kier alpha value is -3.93. The Bertz CT molecular complexity index is 1440. The highest BCUT2D eigenvalue weighted by Crippen LogP contribution is 2.15. The maximum Gasteiger partial charge on any atom is 0.306 e. The second kappa shape index (κ2) is 57.6. The fourth-order valence-corrected chi connectivity index (χ4v) is 7.78. The van der Waals surface area contributed by atoms with Gasteiger partial charge in [0.15, 0.2) is 6.10 Å². The lowest BCUT2D eigenvalue weighted by molar-refractivity contribution is -0.166. The van der Waals surface area contributed by atoms with Gasteiger partial charge in [-0.25, -0.2) is 0 Å². The van der Waals surface area contributed by atoms with Gasteiger partial charge >= 0.3 is 17.9 Å². The lowest BCUT2D eigenvalue weighted by Gasteiger charge is -2.18. The summed E-state index contributed by atoms with van der Waals surface area (Å²) in [5.74, 6) is -0.992. The summed E-state index contributed by atoms with van der Waals surface area (Å²) in [7, 11) is 0. The van der Waals surface area contributed by atoms with E-state index in [0.29, 0.717) is 19.3 Å². The molecule has 0 aromatic heterocycles. The number of carbonyl (C=O) groups is 3. The van der Waals surface area contributed by atoms with Gasteiger partial charge < -0.3 is 14.2 Å². The number of rotatable bonds is 51. The fraction of sp³-hybridized carbons (Fsp3) is 0.672. The summed E-state index contributed by atoms with van der Waals surface area (Å²) in [6.45, 7) is 6.31. The molecule has 0 rings (SSSR count). The van der Waals surface area contributed by atoms with E-state index in [0.717, 1.165) is 96.3 Å². The first-order valence-corrected chi connectivity index (χ1v) is 28.9. The van der Waals surface area contributed by atoms with Crippen molar-refractivity contribution in [3.05, 3.63) is 109 Å². The molecule has 0 bridgehead atoms. The van der Waals surface area contributed by atoms with Crippen molar-refractivity contribution in [2.75, 3.05) is 13.2 Å². The Morgan fingerprint density at radius 2 is 0.586 bits per heavy atom. The van der Waals surface area contributed by atoms with Crippen molar-refractivity contribution >= 4 is 17.9 Å². The van der Waals surface area contributed by atoms with Crippen LogP contribution in [0.2, 0.25) is 0 Å². The number of carbonyl (C=O) groups excluding carboxylic acids is 3. The summed E-state index contributed by atoms with van der Waals surface area (Å²) in [6.07, 6.45) is 78.4. The lowest BCUT2D eigenvalue weighted by atomic mass is 10.0. The summed E-state index contributed by atoms with van der Waals surface area (Å²) >= 11 is 0. The highest BCUT2D eigenvalue weighted by atomic mass is 16.6. The first-order chi connectivity index (χ1) is 34.5. The van der Waals surface area contributed by atoms with Crippen LogP contribution in [0.25, 0.3) is 0 Å². The summed E-state index contributed by atoms with van der Waals surface area (Å²) in [5.41, 5.74) is 0. The molecule has 0 aliphatic carbocycles. The second-order valence-electron chi connectivity index (χ2n) is 18.8. The number of unbranched alkanes of at least 4 members (excludes halogenated alkanes) is 22. The molecule has 0 aromatic rings. The second-order valence-corrected chi connectivity index (χ2v) is 18.8. The number of allylic oxidation sites excluding steroid dienone is 18. The van der Waals surface area contributed by atoms with Crippen LogP contribution in [0.3, 0.4) is 0 Å². The molecular formula is C64H106O6. The van der Waals surface area contributed by atoms with Gasteiger partial charge in [-0.2, -0.15) is 0 Å². The van der Waals surface area contributed by atoms with Crippen LogP contribution in [0.15, 0.2) is 109 Å². The highest BCUT2D eigenvalue weighted by molar-refractivity contribution is 5.71. The summed E-state index contributed by atoms with van der Waals surface area (Å²) < 4.78 is 16.7. The molecule has 6 nitrogen and oxygen atoms in total. The van der Waals surface area contributed by atoms with E-state index in [-0.39, 0.29) is 31.6 Å². The van der Waals surface area contributed by atoms with E-state index in [9.17, 15) is 14.4 Å². The maximum absolute atomic E-state index is 12.7. The molecule has 1 unspecified atom stereocenters. The number of hydrogen-bond acceptors (Lipinski definition) is 6. The molecule has 1 atom stereocenters. The van der Waals surface area contributed by atoms with Gasteiger partial charge in [-0.1, -0.05) is 259 Å². The van der Waals surface area contributed by atoms with Crippen molar-refractivity contribution in [2.45, 2.75) is 264 Å². The zero-order valence-electron chi connectivity index (χ0n) is 45.5. The molecule has 0 fully saturated rings. The van der Waals surface area contributed by atoms with E-state index >= 15 is 0 Å². The Kier molecular flexibility index (Phi) is 54.4. The Labute approximate surface area is 431 Å². The average Bonchev–Trinajstić information content (AvgIpc) is 3.36. The van der Waals surface area contributed by atoms with Crippen molar-refractivity contribution in [3.8, 4) is 0 Å². The van der Waals surface area contributed by atoms with Gasteiger partial charge in [0, 0.05) is 19.3 Å². The SMILES string of the molecule is CC/C=C\C/C=C\C/C=C\C/C=C\C/C=C\CCCCCCCCCCCCCCCCCC(=O)OCC(COC(=O)CCCCCCCCCC)OC(=O)CC/C=C\C/C=C\C/C=C\C/C=C\CC. The molecule has 0 saturated carbocycles. The van der Waals surface area contributed by atoms with E-state index in [1.807, 2.05) is 12.2 Å². The van der Waals surface area contributed by atoms with Gasteiger partial charge in [-0.15, -0.1) is 0 Å². The minimum absolute atomic E-state index is 0.105. The van der Waals surface area contributed by atoms with Crippen molar-refractivity contribution in [2.24, 2.45) is 0 Å². The first-order valence-electron chi connectivity index (χ1n) is 28.9. The van der Waals surface area contributed by atoms with Gasteiger partial charge in [-0.3, -0.25) is 14.4 Å². The minimum atomic E-state index is -0.812. The number of ether oxygens (including phenoxy) is 3. The van der Waals surface area contributed by atoms with Crippen molar-refractivity contribution in [1.82, 2.24) is 0 Å². The van der Waals surface area contributed by atoms with E-state index in [1.54, 1.807) is 0 Å². The molecule has 0 N–H and O–H groups in total. The Morgan fingerprint density at radius 1 is 0.300 bits per heavy atom. The average molecular weight is 972 g/mol. The van der Waals surface area contributed by atoms with E-state index in [1.165, 1.54) is 116 Å². The number of esters is 3. The molecule has 0 aliphatic rings. The largest absolute Gasteiger partial charge is 0.462 e. The Morgan fingerprint density at radius 3 is 0.929 bits per heavy atom. The minimum Gasteiger partial charge on any atom is -0.462 e. The summed E-state index contributed by atoms with van der Waals surface area (Å²) in [4.78, 5) is 37.9. The molecule has 398 valence electrons. The van der Waals surface area contributed by atoms with E-state index < -0.39 is 12.1 Å². The molecule has 0 heterocycles. The fourth-order valence-electron chi connectivity index (χ4n) is 7.78. The molecule has 0 amide bonds. The van der Waals surface area contributed by atoms with Crippen LogP contribution in [0.5, 0.6) is 0 Å². The molecule has 0 aromatic carbocycles. The molecule has 0 spiro atoms. The molecule has 0 saturated heterocycles. The van der Waals surface area contributed by atoms with Crippen LogP contribution < -0.4 is 0 Å². The first kappa shape index (κ1) is 66.1. The molecular weight excluding hydrogens is 865 g/mol. The summed E-state index contributed by atoms with van der Waals surface area (Å²) in [6, 6.07) is 0. The van der Waals surface area contributed by atoms with Crippen molar-refractivity contribution < 1.29 is 28.6 Å². The van der Waals surface area contributed by atoms with Gasteiger partial charge in [0.25, 0.3) is 0 Å². The van der Waals surface area contributed by atoms with Crippen LogP contribution in [0.1, 0.15) is 258 Å². The molecule has 70 heavy (non-hydrogen) atoms. The van der Waals surface area contributed by atoms with Crippen molar-refractivity contribution in [3.63, 3.8) is 0 Å². The predicted molar refractivity (Wildman–Crippen MR) is 302 cm³/mol. The Balaban J connectivity index is 4.12. The molecule has 0 aliphatic heterocycles. The van der Waals surface area contributed by atoms with Gasteiger partial charge in [0.2, 0.25) is 0 Å². The summed E-state index contributed by atoms with van der Waals surface area (Å²) in [5, 5.41) is 0. The standard InChI is InChI=1S/C64H106O6/c1-4-7-10-13-16-19-21-23-24-25-26-27-28-29-30-31-32-33-34-35-36-37-38-39-40-42-43-45-48-51-54-57-63(66)69-60-61(59-68-62(65)56-53-50-47-18-15-12-9-6-3)70-64(67)58-55-52-49-46-44-41-22-20-17-14-11-8-5-2/h7-8,10-11,16-17,19-20,23-24,26-27,29-30,41,44,49,52,61H,4-6,9,12-15,18,21-22,25,28,31-40,42-43,45-48,50-51,53-60H2,1-3H3/b10-7-,11-8-,19-16-,20-17-,24-23-,27-26-,30-29-,44-41-,52-49-. The van der Waals surface area contributed by atoms with Crippen LogP contribution in [0.4, 0.5) is 0 Å². The third-order valence-corrected chi connectivity index (χ3v) is 12.0. The third-order valence-electron chi connectivity index (χ3n) is 12.0. The normalized spacial score (nSPS) is 12.9. The van der Waals surface area contributed by atoms with Crippen LogP contribution in [-0.4, -0.2) is 37.2 Å². The highest BCUT2D eigenvalue weighted by Gasteiger charge is 2.19. The van der Waals surface area contributed by atoms with Gasteiger partial charge in [-0.05, 0) is 89.9 Å². The number of hydrogen-bond donors (Lipinski definition) is 0. The zero-order valence-corrected chi connectivity index (χ0v) is 45.5. The van der Waals surface area contributed by atoms with E-state index in [2.05, 4.69) is 118 Å². The van der Waals surface area contributed by atoms with Gasteiger partial charge in [0.1, 0.15) is 13.2 Å². The molecule has 0 radical (unpaired) electrons. The lowest BCUT2D eigenvalue weighted by Crippen LogP contribution is -2.30. The van der Waals surface area contributed by atoms with Crippen molar-refractivity contribution in [1.29, 1.82) is 0 Å². The third kappa shape index (κ3) is 55.0. The maximum atomic E-state index is 12.7. The van der Waals surface area contributed by atoms with E-state index in [4.69, 9.17) is 14.2 Å². The van der Waals surface area contributed by atoms with Crippen LogP contribution >= 0.6 is 0 Å². The van der Waals surface area contributed by atoms with Crippen LogP contribution in [-0.2, 0) is 28.6 Å².